The first kappa shape index (κ1) is 13.4. The molecule has 0 heteroatoms. The molecule has 0 aromatic heterocycles. The Balaban J connectivity index is 2.37. The minimum absolute atomic E-state index is 0.563. The molecule has 2 unspecified atom stereocenters. The van der Waals surface area contributed by atoms with E-state index in [0.717, 1.165) is 11.8 Å². The summed E-state index contributed by atoms with van der Waals surface area (Å²) < 4.78 is 0. The fraction of sp³-hybridized carbons (Fsp3) is 1.00. The molecule has 2 rings (SSSR count). The van der Waals surface area contributed by atoms with E-state index in [1.807, 2.05) is 0 Å². The van der Waals surface area contributed by atoms with Crippen molar-refractivity contribution >= 4 is 0 Å². The summed E-state index contributed by atoms with van der Waals surface area (Å²) in [5, 5.41) is 0. The Morgan fingerprint density at radius 2 is 1.53 bits per heavy atom. The molecule has 17 heavy (non-hydrogen) atoms. The van der Waals surface area contributed by atoms with E-state index in [4.69, 9.17) is 0 Å². The Bertz CT molecular complexity index is 274. The summed E-state index contributed by atoms with van der Waals surface area (Å²) in [6, 6.07) is 0. The molecule has 100 valence electrons. The van der Waals surface area contributed by atoms with Crippen LogP contribution >= 0.6 is 0 Å². The summed E-state index contributed by atoms with van der Waals surface area (Å²) in [6.45, 7) is 15.1. The van der Waals surface area contributed by atoms with Crippen LogP contribution in [0.25, 0.3) is 0 Å². The van der Waals surface area contributed by atoms with Crippen molar-refractivity contribution in [3.8, 4) is 0 Å². The van der Waals surface area contributed by atoms with Crippen LogP contribution in [0, 0.1) is 28.1 Å². The lowest BCUT2D eigenvalue weighted by Gasteiger charge is -2.62. The van der Waals surface area contributed by atoms with E-state index in [1.165, 1.54) is 38.5 Å². The highest BCUT2D eigenvalue weighted by Crippen LogP contribution is 2.64. The van der Waals surface area contributed by atoms with Crippen LogP contribution in [0.5, 0.6) is 0 Å². The van der Waals surface area contributed by atoms with Crippen LogP contribution in [0.4, 0.5) is 0 Å². The van der Waals surface area contributed by atoms with Crippen molar-refractivity contribution in [2.75, 3.05) is 0 Å². The van der Waals surface area contributed by atoms with E-state index >= 15 is 0 Å². The Kier molecular flexibility index (Phi) is 3.16. The summed E-state index contributed by atoms with van der Waals surface area (Å²) in [4.78, 5) is 0. The first-order valence-electron chi connectivity index (χ1n) is 7.74. The Labute approximate surface area is 109 Å². The second-order valence-corrected chi connectivity index (χ2v) is 8.39. The van der Waals surface area contributed by atoms with Crippen molar-refractivity contribution < 1.29 is 0 Å². The van der Waals surface area contributed by atoms with Crippen molar-refractivity contribution in [1.29, 1.82) is 0 Å². The summed E-state index contributed by atoms with van der Waals surface area (Å²) >= 11 is 0. The zero-order chi connectivity index (χ0) is 12.9. The predicted molar refractivity (Wildman–Crippen MR) is 76.0 cm³/mol. The second-order valence-electron chi connectivity index (χ2n) is 8.39. The molecule has 2 aliphatic rings. The monoisotopic (exact) mass is 236 g/mol. The van der Waals surface area contributed by atoms with Gasteiger partial charge in [0.15, 0.2) is 0 Å². The van der Waals surface area contributed by atoms with Crippen molar-refractivity contribution in [2.45, 2.75) is 80.1 Å². The Morgan fingerprint density at radius 3 is 2.12 bits per heavy atom. The van der Waals surface area contributed by atoms with Crippen LogP contribution in [0.2, 0.25) is 0 Å². The average Bonchev–Trinajstić information content (AvgIpc) is 2.14. The van der Waals surface area contributed by atoms with Crippen LogP contribution in [-0.2, 0) is 0 Å². The average molecular weight is 236 g/mol. The first-order valence-corrected chi connectivity index (χ1v) is 7.74. The fourth-order valence-corrected chi connectivity index (χ4v) is 5.91. The molecule has 0 aliphatic heterocycles. The van der Waals surface area contributed by atoms with E-state index in [2.05, 4.69) is 41.5 Å². The van der Waals surface area contributed by atoms with Gasteiger partial charge in [0.2, 0.25) is 0 Å². The molecule has 0 nitrogen and oxygen atoms in total. The van der Waals surface area contributed by atoms with E-state index in [9.17, 15) is 0 Å². The molecule has 2 aliphatic carbocycles. The third kappa shape index (κ3) is 1.96. The summed E-state index contributed by atoms with van der Waals surface area (Å²) in [5.41, 5.74) is 1.75. The molecule has 0 amide bonds. The Morgan fingerprint density at radius 1 is 0.882 bits per heavy atom. The van der Waals surface area contributed by atoms with Crippen LogP contribution in [0.3, 0.4) is 0 Å². The van der Waals surface area contributed by atoms with Gasteiger partial charge >= 0.3 is 0 Å². The third-order valence-electron chi connectivity index (χ3n) is 6.50. The van der Waals surface area contributed by atoms with Crippen LogP contribution in [0.15, 0.2) is 0 Å². The highest BCUT2D eigenvalue weighted by molar-refractivity contribution is 5.05. The fourth-order valence-electron chi connectivity index (χ4n) is 5.91. The lowest BCUT2D eigenvalue weighted by molar-refractivity contribution is -0.124. The normalized spacial score (nSPS) is 44.1. The second kappa shape index (κ2) is 4.00. The molecule has 0 aromatic rings. The molecule has 3 atom stereocenters. The van der Waals surface area contributed by atoms with Crippen molar-refractivity contribution in [1.82, 2.24) is 0 Å². The standard InChI is InChI=1S/C17H32/c1-7-13-16(4,5)12-9-14-15(2,3)10-8-11-17(13,14)6/h13-14H,7-12H2,1-6H3/t13?,14-,17?/m0/s1. The molecule has 0 spiro atoms. The SMILES string of the molecule is CCC1C(C)(C)CC[C@H]2C(C)(C)CCCC12C. The molecule has 0 N–H and O–H groups in total. The maximum absolute atomic E-state index is 2.62. The van der Waals surface area contributed by atoms with Gasteiger partial charge in [-0.25, -0.2) is 0 Å². The smallest absolute Gasteiger partial charge is 0.0259 e. The first-order chi connectivity index (χ1) is 7.74. The lowest BCUT2D eigenvalue weighted by atomic mass is 9.43. The molecular formula is C17H32. The van der Waals surface area contributed by atoms with Gasteiger partial charge in [-0.05, 0) is 53.8 Å². The maximum atomic E-state index is 2.62. The van der Waals surface area contributed by atoms with Gasteiger partial charge in [0, 0.05) is 0 Å². The van der Waals surface area contributed by atoms with Crippen LogP contribution in [0.1, 0.15) is 80.1 Å². The molecular weight excluding hydrogens is 204 g/mol. The molecule has 0 bridgehead atoms. The highest BCUT2D eigenvalue weighted by atomic mass is 14.6. The van der Waals surface area contributed by atoms with Gasteiger partial charge in [0.25, 0.3) is 0 Å². The summed E-state index contributed by atoms with van der Waals surface area (Å²) in [5.74, 6) is 1.88. The van der Waals surface area contributed by atoms with Gasteiger partial charge in [-0.3, -0.25) is 0 Å². The maximum Gasteiger partial charge on any atom is -0.0259 e. The minimum Gasteiger partial charge on any atom is -0.0651 e. The summed E-state index contributed by atoms with van der Waals surface area (Å²) in [7, 11) is 0. The largest absolute Gasteiger partial charge is 0.0651 e. The van der Waals surface area contributed by atoms with Gasteiger partial charge in [0.05, 0.1) is 0 Å². The van der Waals surface area contributed by atoms with E-state index < -0.39 is 0 Å². The van der Waals surface area contributed by atoms with E-state index in [0.29, 0.717) is 16.2 Å². The zero-order valence-corrected chi connectivity index (χ0v) is 12.9. The molecule has 2 fully saturated rings. The number of hydrogen-bond acceptors (Lipinski definition) is 0. The van der Waals surface area contributed by atoms with Gasteiger partial charge in [-0.1, -0.05) is 54.4 Å². The minimum atomic E-state index is 0.563. The van der Waals surface area contributed by atoms with Crippen molar-refractivity contribution in [3.05, 3.63) is 0 Å². The molecule has 0 saturated heterocycles. The van der Waals surface area contributed by atoms with Gasteiger partial charge in [-0.2, -0.15) is 0 Å². The summed E-state index contributed by atoms with van der Waals surface area (Å²) in [6.07, 6.45) is 8.65. The van der Waals surface area contributed by atoms with Crippen molar-refractivity contribution in [3.63, 3.8) is 0 Å². The van der Waals surface area contributed by atoms with E-state index in [1.54, 1.807) is 0 Å². The number of hydrogen-bond donors (Lipinski definition) is 0. The lowest BCUT2D eigenvalue weighted by Crippen LogP contribution is -2.53. The van der Waals surface area contributed by atoms with Crippen LogP contribution in [-0.4, -0.2) is 0 Å². The van der Waals surface area contributed by atoms with Crippen LogP contribution < -0.4 is 0 Å². The third-order valence-corrected chi connectivity index (χ3v) is 6.50. The highest BCUT2D eigenvalue weighted by Gasteiger charge is 2.55. The van der Waals surface area contributed by atoms with Gasteiger partial charge < -0.3 is 0 Å². The van der Waals surface area contributed by atoms with Gasteiger partial charge in [-0.15, -0.1) is 0 Å². The molecule has 0 radical (unpaired) electrons. The topological polar surface area (TPSA) is 0 Å². The Hall–Kier alpha value is 0. The zero-order valence-electron chi connectivity index (χ0n) is 12.9. The number of rotatable bonds is 1. The molecule has 0 heterocycles. The molecule has 0 aromatic carbocycles. The van der Waals surface area contributed by atoms with Gasteiger partial charge in [0.1, 0.15) is 0 Å². The van der Waals surface area contributed by atoms with E-state index in [-0.39, 0.29) is 0 Å². The quantitative estimate of drug-likeness (QED) is 0.550. The number of fused-ring (bicyclic) bond motifs is 1. The predicted octanol–water partition coefficient (Wildman–Crippen LogP) is 5.67. The van der Waals surface area contributed by atoms with Crippen molar-refractivity contribution in [2.24, 2.45) is 28.1 Å². The molecule has 2 saturated carbocycles.